The Morgan fingerprint density at radius 2 is 1.89 bits per heavy atom. The summed E-state index contributed by atoms with van der Waals surface area (Å²) >= 11 is 0. The van der Waals surface area contributed by atoms with Gasteiger partial charge in [-0.1, -0.05) is 0 Å². The highest BCUT2D eigenvalue weighted by Crippen LogP contribution is 2.36. The average molecular weight is 269 g/mol. The van der Waals surface area contributed by atoms with E-state index in [1.807, 2.05) is 0 Å². The highest BCUT2D eigenvalue weighted by Gasteiger charge is 2.28. The van der Waals surface area contributed by atoms with Gasteiger partial charge >= 0.3 is 11.7 Å². The molecule has 0 saturated heterocycles. The van der Waals surface area contributed by atoms with Crippen molar-refractivity contribution in [3.8, 4) is 5.75 Å². The fourth-order valence-electron chi connectivity index (χ4n) is 1.37. The Balaban J connectivity index is 3.34. The number of hydrogen-bond acceptors (Lipinski definition) is 7. The molecule has 0 bridgehead atoms. The lowest BCUT2D eigenvalue weighted by molar-refractivity contribution is -0.395. The molecule has 0 aliphatic carbocycles. The van der Waals surface area contributed by atoms with Crippen LogP contribution in [0.2, 0.25) is 0 Å². The van der Waals surface area contributed by atoms with Gasteiger partial charge in [-0.05, 0) is 19.9 Å². The Hall–Kier alpha value is -2.55. The third-order valence-electron chi connectivity index (χ3n) is 2.33. The van der Waals surface area contributed by atoms with Crippen molar-refractivity contribution >= 4 is 17.3 Å². The van der Waals surface area contributed by atoms with E-state index in [9.17, 15) is 25.0 Å². The van der Waals surface area contributed by atoms with Gasteiger partial charge in [-0.15, -0.1) is 0 Å². The van der Waals surface area contributed by atoms with Crippen LogP contribution in [-0.2, 0) is 4.79 Å². The molecule has 1 rings (SSSR count). The summed E-state index contributed by atoms with van der Waals surface area (Å²) in [5.74, 6) is -1.23. The Labute approximate surface area is 107 Å². The highest BCUT2D eigenvalue weighted by atomic mass is 16.6. The molecule has 102 valence electrons. The van der Waals surface area contributed by atoms with E-state index in [2.05, 4.69) is 0 Å². The first-order valence-corrected chi connectivity index (χ1v) is 5.15. The summed E-state index contributed by atoms with van der Waals surface area (Å²) in [4.78, 5) is 31.3. The van der Waals surface area contributed by atoms with Crippen molar-refractivity contribution < 1.29 is 19.4 Å². The van der Waals surface area contributed by atoms with Crippen molar-refractivity contribution in [2.75, 3.05) is 0 Å². The predicted molar refractivity (Wildman–Crippen MR) is 63.8 cm³/mol. The summed E-state index contributed by atoms with van der Waals surface area (Å²) in [6.45, 7) is 2.56. The number of nitrogens with two attached hydrogens (primary N) is 1. The van der Waals surface area contributed by atoms with Gasteiger partial charge in [0.2, 0.25) is 5.75 Å². The van der Waals surface area contributed by atoms with Crippen molar-refractivity contribution in [3.63, 3.8) is 0 Å². The van der Waals surface area contributed by atoms with Gasteiger partial charge in [-0.25, -0.2) is 4.79 Å². The van der Waals surface area contributed by atoms with Crippen LogP contribution < -0.4 is 10.5 Å². The molecule has 2 N–H and O–H groups in total. The third-order valence-corrected chi connectivity index (χ3v) is 2.33. The van der Waals surface area contributed by atoms with E-state index in [4.69, 9.17) is 10.5 Å². The van der Waals surface area contributed by atoms with E-state index in [1.165, 1.54) is 13.8 Å². The second-order valence-electron chi connectivity index (χ2n) is 3.78. The number of hydrogen-bond donors (Lipinski definition) is 1. The van der Waals surface area contributed by atoms with E-state index in [0.29, 0.717) is 0 Å². The lowest BCUT2D eigenvalue weighted by Gasteiger charge is -2.08. The molecule has 9 nitrogen and oxygen atoms in total. The van der Waals surface area contributed by atoms with Gasteiger partial charge in [-0.2, -0.15) is 0 Å². The number of nitrogens with zero attached hydrogens (tertiary/aromatic N) is 2. The normalized spacial score (nSPS) is 11.7. The summed E-state index contributed by atoms with van der Waals surface area (Å²) in [5, 5.41) is 21.6. The van der Waals surface area contributed by atoms with Gasteiger partial charge in [-0.3, -0.25) is 20.2 Å². The average Bonchev–Trinajstić information content (AvgIpc) is 2.27. The Kier molecular flexibility index (Phi) is 4.12. The minimum atomic E-state index is -0.963. The van der Waals surface area contributed by atoms with Crippen LogP contribution in [0.25, 0.3) is 0 Å². The van der Waals surface area contributed by atoms with Crippen molar-refractivity contribution in [1.82, 2.24) is 0 Å². The van der Waals surface area contributed by atoms with Crippen LogP contribution in [0.1, 0.15) is 12.5 Å². The molecule has 0 aromatic heterocycles. The molecule has 0 amide bonds. The van der Waals surface area contributed by atoms with Crippen LogP contribution >= 0.6 is 0 Å². The maximum Gasteiger partial charge on any atom is 0.328 e. The van der Waals surface area contributed by atoms with Crippen LogP contribution in [0, 0.1) is 27.2 Å². The van der Waals surface area contributed by atoms with E-state index >= 15 is 0 Å². The number of benzene rings is 1. The summed E-state index contributed by atoms with van der Waals surface area (Å²) in [6.07, 6.45) is 0. The summed E-state index contributed by atoms with van der Waals surface area (Å²) in [7, 11) is 0. The first-order valence-electron chi connectivity index (χ1n) is 5.15. The lowest BCUT2D eigenvalue weighted by Crippen LogP contribution is -2.31. The first-order chi connectivity index (χ1) is 8.75. The van der Waals surface area contributed by atoms with Gasteiger partial charge in [0.1, 0.15) is 11.6 Å². The fraction of sp³-hybridized carbons (Fsp3) is 0.300. The molecule has 1 unspecified atom stereocenters. The number of rotatable bonds is 4. The monoisotopic (exact) mass is 269 g/mol. The van der Waals surface area contributed by atoms with Gasteiger partial charge in [0.25, 0.3) is 5.69 Å². The number of nitro benzene ring substituents is 2. The minimum absolute atomic E-state index is 0.190. The molecule has 0 aliphatic rings. The van der Waals surface area contributed by atoms with E-state index in [0.717, 1.165) is 12.1 Å². The zero-order chi connectivity index (χ0) is 14.7. The van der Waals surface area contributed by atoms with Crippen LogP contribution in [0.15, 0.2) is 12.1 Å². The third kappa shape index (κ3) is 3.01. The van der Waals surface area contributed by atoms with Gasteiger partial charge in [0, 0.05) is 6.07 Å². The van der Waals surface area contributed by atoms with Gasteiger partial charge in [0.15, 0.2) is 0 Å². The standard InChI is InChI=1S/C10H11N3O6/c1-5-7(12(15)16)3-4-8(9(5)13(17)18)19-10(14)6(2)11/h3-4,6H,11H2,1-2H3. The van der Waals surface area contributed by atoms with E-state index in [1.54, 1.807) is 0 Å². The molecular weight excluding hydrogens is 258 g/mol. The largest absolute Gasteiger partial charge is 0.418 e. The number of carbonyl (C=O) groups is 1. The smallest absolute Gasteiger partial charge is 0.328 e. The molecule has 0 fully saturated rings. The predicted octanol–water partition coefficient (Wildman–Crippen LogP) is 1.06. The molecule has 1 aromatic rings. The molecular formula is C10H11N3O6. The zero-order valence-electron chi connectivity index (χ0n) is 10.2. The molecule has 1 atom stereocenters. The number of nitro groups is 2. The number of carbonyl (C=O) groups excluding carboxylic acids is 1. The van der Waals surface area contributed by atoms with E-state index < -0.39 is 33.2 Å². The minimum Gasteiger partial charge on any atom is -0.418 e. The summed E-state index contributed by atoms with van der Waals surface area (Å²) in [6, 6.07) is 1.07. The summed E-state index contributed by atoms with van der Waals surface area (Å²) in [5.41, 5.74) is 4.04. The second-order valence-corrected chi connectivity index (χ2v) is 3.78. The SMILES string of the molecule is Cc1c([N+](=O)[O-])ccc(OC(=O)C(C)N)c1[N+](=O)[O-]. The molecule has 9 heteroatoms. The van der Waals surface area contributed by atoms with Crippen molar-refractivity contribution in [2.45, 2.75) is 19.9 Å². The fourth-order valence-corrected chi connectivity index (χ4v) is 1.37. The number of esters is 1. The maximum absolute atomic E-state index is 11.3. The molecule has 0 heterocycles. The summed E-state index contributed by atoms with van der Waals surface area (Å²) < 4.78 is 4.76. The van der Waals surface area contributed by atoms with Crippen LogP contribution in [-0.4, -0.2) is 21.9 Å². The quantitative estimate of drug-likeness (QED) is 0.373. The lowest BCUT2D eigenvalue weighted by atomic mass is 10.1. The van der Waals surface area contributed by atoms with Gasteiger partial charge in [0.05, 0.1) is 9.85 Å². The van der Waals surface area contributed by atoms with Crippen LogP contribution in [0.5, 0.6) is 5.75 Å². The molecule has 0 radical (unpaired) electrons. The van der Waals surface area contributed by atoms with Crippen molar-refractivity contribution in [1.29, 1.82) is 0 Å². The van der Waals surface area contributed by atoms with Crippen molar-refractivity contribution in [2.24, 2.45) is 5.73 Å². The Morgan fingerprint density at radius 1 is 1.32 bits per heavy atom. The first kappa shape index (κ1) is 14.5. The second kappa shape index (κ2) is 5.40. The maximum atomic E-state index is 11.3. The highest BCUT2D eigenvalue weighted by molar-refractivity contribution is 5.79. The molecule has 19 heavy (non-hydrogen) atoms. The zero-order valence-corrected chi connectivity index (χ0v) is 10.2. The Morgan fingerprint density at radius 3 is 2.32 bits per heavy atom. The molecule has 0 spiro atoms. The van der Waals surface area contributed by atoms with Crippen LogP contribution in [0.4, 0.5) is 11.4 Å². The Bertz CT molecular complexity index is 554. The van der Waals surface area contributed by atoms with E-state index in [-0.39, 0.29) is 11.3 Å². The molecule has 0 saturated carbocycles. The van der Waals surface area contributed by atoms with Crippen LogP contribution in [0.3, 0.4) is 0 Å². The molecule has 0 aliphatic heterocycles. The van der Waals surface area contributed by atoms with Gasteiger partial charge < -0.3 is 10.5 Å². The van der Waals surface area contributed by atoms with Crippen molar-refractivity contribution in [3.05, 3.63) is 37.9 Å². The topological polar surface area (TPSA) is 139 Å². The number of ether oxygens (including phenoxy) is 1. The molecule has 1 aromatic carbocycles.